The number of ether oxygens (including phenoxy) is 2. The number of aromatic hydroxyl groups is 1. The molecule has 1 fully saturated rings. The Morgan fingerprint density at radius 3 is 2.11 bits per heavy atom. The van der Waals surface area contributed by atoms with Crippen molar-refractivity contribution in [2.75, 3.05) is 13.7 Å². The van der Waals surface area contributed by atoms with Crippen molar-refractivity contribution < 1.29 is 63.8 Å². The summed E-state index contributed by atoms with van der Waals surface area (Å²) in [7, 11) is 1.20. The fourth-order valence-corrected chi connectivity index (χ4v) is 8.16. The second-order valence-corrected chi connectivity index (χ2v) is 17.5. The highest BCUT2D eigenvalue weighted by atomic mass is 16.7. The van der Waals surface area contributed by atoms with Gasteiger partial charge in [0.05, 0.1) is 6.04 Å². The number of aliphatic hydroxyl groups is 3. The van der Waals surface area contributed by atoms with Gasteiger partial charge >= 0.3 is 5.97 Å². The van der Waals surface area contributed by atoms with Gasteiger partial charge < -0.3 is 66.9 Å². The first-order valence-electron chi connectivity index (χ1n) is 21.8. The van der Waals surface area contributed by atoms with Crippen LogP contribution in [-0.4, -0.2) is 140 Å². The molecule has 11 N–H and O–H groups in total. The van der Waals surface area contributed by atoms with Gasteiger partial charge in [-0.2, -0.15) is 0 Å². The van der Waals surface area contributed by atoms with Crippen LogP contribution < -0.4 is 27.0 Å². The Morgan fingerprint density at radius 1 is 0.833 bits per heavy atom. The second kappa shape index (κ2) is 22.5. The first-order chi connectivity index (χ1) is 31.2. The lowest BCUT2D eigenvalue weighted by molar-refractivity contribution is -0.283. The summed E-state index contributed by atoms with van der Waals surface area (Å²) >= 11 is 0. The van der Waals surface area contributed by atoms with E-state index in [1.54, 1.807) is 42.5 Å². The highest BCUT2D eigenvalue weighted by Gasteiger charge is 2.47. The fourth-order valence-electron chi connectivity index (χ4n) is 8.16. The summed E-state index contributed by atoms with van der Waals surface area (Å²) in [6.45, 7) is 6.24. The number of carboxylic acids is 1. The summed E-state index contributed by atoms with van der Waals surface area (Å²) < 4.78 is 10.3. The van der Waals surface area contributed by atoms with Crippen molar-refractivity contribution in [2.24, 2.45) is 5.73 Å². The standard InChI is InChI=1S/C47H62N6O13/c1-25-19-30(54)20-26(2)31(25)23-32(48)44(62)53-24-29-16-10-9-15-28(29)22-35(53)42(60)51-34(21-27-13-7-6-8-14-27)40(58)50-33(41(59)52-47(3,4)46(63)64)17-11-12-18-49-43(61)39-37(56)36(55)38(57)45(65-5)66-39/h6-10,13-16,19-20,32-39,45,54-57H,11-12,17-18,21-24,48H2,1-5H3,(H,49,61)(H,50,58)(H,51,60)(H,52,59)(H,63,64)/t32-,33-,34-,35-,36-,37-,38+,39-,45+/m0/s1. The number of carbonyl (C=O) groups is 6. The first kappa shape index (κ1) is 51.0. The van der Waals surface area contributed by atoms with Crippen LogP contribution in [0.5, 0.6) is 5.75 Å². The molecule has 5 amide bonds. The van der Waals surface area contributed by atoms with Crippen LogP contribution in [0.2, 0.25) is 0 Å². The van der Waals surface area contributed by atoms with Crippen molar-refractivity contribution in [3.05, 3.63) is 100 Å². The molecule has 0 aromatic heterocycles. The van der Waals surface area contributed by atoms with Crippen LogP contribution in [0.25, 0.3) is 0 Å². The molecule has 358 valence electrons. The number of phenolic OH excluding ortho intramolecular Hbond substituents is 1. The number of aryl methyl sites for hydroxylation is 2. The zero-order valence-corrected chi connectivity index (χ0v) is 37.7. The fraction of sp³-hybridized carbons (Fsp3) is 0.489. The molecule has 3 aromatic carbocycles. The SMILES string of the molecule is CO[C@@H]1O[C@H](C(=O)NCCCC[C@H](NC(=O)[C@H](Cc2ccccc2)NC(=O)[C@@H]2Cc3ccccc3CN2C(=O)[C@@H](N)Cc2c(C)cc(O)cc2C)C(=O)NC(C)(C)C(=O)O)[C@@H](O)[C@H](O)[C@H]1O. The number of fused-ring (bicyclic) bond motifs is 1. The number of unbranched alkanes of at least 4 members (excludes halogenated alkanes) is 1. The van der Waals surface area contributed by atoms with Gasteiger partial charge in [0.1, 0.15) is 47.7 Å². The molecule has 2 heterocycles. The van der Waals surface area contributed by atoms with Crippen LogP contribution >= 0.6 is 0 Å². The molecule has 0 bridgehead atoms. The number of amides is 5. The van der Waals surface area contributed by atoms with Gasteiger partial charge in [-0.3, -0.25) is 24.0 Å². The second-order valence-electron chi connectivity index (χ2n) is 17.5. The minimum Gasteiger partial charge on any atom is -0.508 e. The van der Waals surface area contributed by atoms with Crippen molar-refractivity contribution in [3.8, 4) is 5.75 Å². The molecule has 2 aliphatic heterocycles. The number of nitrogens with zero attached hydrogens (tertiary/aromatic N) is 1. The average molecular weight is 919 g/mol. The molecule has 5 rings (SSSR count). The quantitative estimate of drug-likeness (QED) is 0.0696. The van der Waals surface area contributed by atoms with E-state index in [0.29, 0.717) is 5.56 Å². The van der Waals surface area contributed by atoms with Crippen LogP contribution in [0, 0.1) is 13.8 Å². The number of aliphatic hydroxyl groups excluding tert-OH is 3. The zero-order valence-electron chi connectivity index (χ0n) is 37.7. The normalized spacial score (nSPS) is 21.9. The number of nitrogens with one attached hydrogen (secondary N) is 4. The largest absolute Gasteiger partial charge is 0.508 e. The number of aliphatic carboxylic acids is 1. The lowest BCUT2D eigenvalue weighted by Crippen LogP contribution is -2.62. The van der Waals surface area contributed by atoms with Gasteiger partial charge in [0, 0.05) is 33.0 Å². The molecule has 0 aliphatic carbocycles. The number of carboxylic acid groups (broad SMARTS) is 1. The van der Waals surface area contributed by atoms with Crippen LogP contribution in [0.4, 0.5) is 0 Å². The van der Waals surface area contributed by atoms with Crippen molar-refractivity contribution in [3.63, 3.8) is 0 Å². The van der Waals surface area contributed by atoms with E-state index in [9.17, 15) is 54.3 Å². The topological polar surface area (TPSA) is 299 Å². The number of carbonyl (C=O) groups excluding carboxylic acids is 5. The number of methoxy groups -OCH3 is 1. The number of hydrogen-bond acceptors (Lipinski definition) is 13. The molecule has 0 unspecified atom stereocenters. The zero-order chi connectivity index (χ0) is 48.5. The van der Waals surface area contributed by atoms with Crippen LogP contribution in [0.1, 0.15) is 66.5 Å². The van der Waals surface area contributed by atoms with Crippen molar-refractivity contribution in [2.45, 2.75) is 133 Å². The molecule has 19 nitrogen and oxygen atoms in total. The predicted octanol–water partition coefficient (Wildman–Crippen LogP) is -0.235. The summed E-state index contributed by atoms with van der Waals surface area (Å²) in [6.07, 6.45) is -7.41. The maximum Gasteiger partial charge on any atom is 0.328 e. The Kier molecular flexibility index (Phi) is 17.4. The van der Waals surface area contributed by atoms with Crippen LogP contribution in [0.15, 0.2) is 66.7 Å². The Balaban J connectivity index is 1.34. The minimum atomic E-state index is -1.75. The third kappa shape index (κ3) is 12.7. The number of hydrogen-bond donors (Lipinski definition) is 10. The van der Waals surface area contributed by atoms with E-state index in [1.807, 2.05) is 38.1 Å². The van der Waals surface area contributed by atoms with Gasteiger partial charge in [-0.25, -0.2) is 4.79 Å². The number of rotatable bonds is 19. The highest BCUT2D eigenvalue weighted by molar-refractivity contribution is 5.96. The summed E-state index contributed by atoms with van der Waals surface area (Å²) in [6, 6.07) is 14.6. The molecule has 2 aliphatic rings. The molecule has 3 aromatic rings. The maximum atomic E-state index is 14.5. The molecule has 19 heteroatoms. The summed E-state index contributed by atoms with van der Waals surface area (Å²) in [5.74, 6) is -4.78. The third-order valence-corrected chi connectivity index (χ3v) is 12.1. The maximum absolute atomic E-state index is 14.5. The van der Waals surface area contributed by atoms with Gasteiger partial charge in [-0.05, 0) is 98.9 Å². The Labute approximate surface area is 383 Å². The van der Waals surface area contributed by atoms with Gasteiger partial charge in [0.15, 0.2) is 12.4 Å². The lowest BCUT2D eigenvalue weighted by atomic mass is 9.91. The Morgan fingerprint density at radius 2 is 1.47 bits per heavy atom. The van der Waals surface area contributed by atoms with Crippen molar-refractivity contribution >= 4 is 35.5 Å². The molecule has 9 atom stereocenters. The minimum absolute atomic E-state index is 0.00511. The summed E-state index contributed by atoms with van der Waals surface area (Å²) in [5.41, 5.74) is 9.47. The van der Waals surface area contributed by atoms with Crippen LogP contribution in [0.3, 0.4) is 0 Å². The monoisotopic (exact) mass is 918 g/mol. The summed E-state index contributed by atoms with van der Waals surface area (Å²) in [5, 5.41) is 61.0. The molecule has 66 heavy (non-hydrogen) atoms. The van der Waals surface area contributed by atoms with Gasteiger partial charge in [-0.1, -0.05) is 54.6 Å². The lowest BCUT2D eigenvalue weighted by Gasteiger charge is -2.38. The van der Waals surface area contributed by atoms with E-state index in [2.05, 4.69) is 21.3 Å². The smallest absolute Gasteiger partial charge is 0.328 e. The van der Waals surface area contributed by atoms with E-state index in [-0.39, 0.29) is 57.4 Å². The third-order valence-electron chi connectivity index (χ3n) is 12.1. The van der Waals surface area contributed by atoms with Gasteiger partial charge in [0.25, 0.3) is 5.91 Å². The molecule has 1 saturated heterocycles. The predicted molar refractivity (Wildman–Crippen MR) is 238 cm³/mol. The first-order valence-corrected chi connectivity index (χ1v) is 21.8. The Bertz CT molecular complexity index is 2200. The molecule has 0 spiro atoms. The Hall–Kier alpha value is -5.96. The van der Waals surface area contributed by atoms with Gasteiger partial charge in [-0.15, -0.1) is 0 Å². The van der Waals surface area contributed by atoms with Gasteiger partial charge in [0.2, 0.25) is 23.6 Å². The average Bonchev–Trinajstić information content (AvgIpc) is 3.27. The van der Waals surface area contributed by atoms with Crippen molar-refractivity contribution in [1.29, 1.82) is 0 Å². The van der Waals surface area contributed by atoms with Crippen molar-refractivity contribution in [1.82, 2.24) is 26.2 Å². The molecule has 0 radical (unpaired) electrons. The molecular formula is C47H62N6O13. The number of benzene rings is 3. The molecular weight excluding hydrogens is 857 g/mol. The van der Waals surface area contributed by atoms with E-state index < -0.39 is 95.9 Å². The van der Waals surface area contributed by atoms with E-state index in [0.717, 1.165) is 27.8 Å². The van der Waals surface area contributed by atoms with E-state index >= 15 is 0 Å². The summed E-state index contributed by atoms with van der Waals surface area (Å²) in [4.78, 5) is 83.3. The van der Waals surface area contributed by atoms with E-state index in [1.165, 1.54) is 25.9 Å². The van der Waals surface area contributed by atoms with Crippen LogP contribution in [-0.2, 0) is 64.0 Å². The molecule has 0 saturated carbocycles. The number of phenols is 1. The van der Waals surface area contributed by atoms with E-state index in [4.69, 9.17) is 15.2 Å². The number of nitrogens with two attached hydrogens (primary N) is 1. The highest BCUT2D eigenvalue weighted by Crippen LogP contribution is 2.27.